The first-order valence-corrected chi connectivity index (χ1v) is 12.3. The third-order valence-corrected chi connectivity index (χ3v) is 5.75. The minimum atomic E-state index is -0.466. The van der Waals surface area contributed by atoms with Gasteiger partial charge < -0.3 is 36.2 Å². The van der Waals surface area contributed by atoms with E-state index in [0.717, 1.165) is 26.2 Å². The molecule has 4 amide bonds. The molecule has 0 unspecified atom stereocenters. The summed E-state index contributed by atoms with van der Waals surface area (Å²) in [5.41, 5.74) is 2.72. The van der Waals surface area contributed by atoms with Gasteiger partial charge in [0.1, 0.15) is 0 Å². The molecule has 0 bridgehead atoms. The Kier molecular flexibility index (Phi) is 10.5. The van der Waals surface area contributed by atoms with Crippen molar-refractivity contribution in [3.05, 3.63) is 48.0 Å². The van der Waals surface area contributed by atoms with E-state index in [9.17, 15) is 14.4 Å². The highest BCUT2D eigenvalue weighted by molar-refractivity contribution is 6.04. The standard InChI is InChI=1S/C26H36N6O4/c1-19(33)29-20-7-6-8-21(17-20)30-26(35)31-22-9-10-24(23(18-22)25(34)28-12-16-36-2)27-11-15-32-13-4-3-5-14-32/h6-10,17-18,27H,3-5,11-16H2,1-2H3,(H,28,34)(H,29,33)(H2,30,31,35). The number of hydrogen-bond donors (Lipinski definition) is 5. The van der Waals surface area contributed by atoms with E-state index in [2.05, 4.69) is 31.5 Å². The molecular formula is C26H36N6O4. The van der Waals surface area contributed by atoms with Gasteiger partial charge in [0.25, 0.3) is 5.91 Å². The summed E-state index contributed by atoms with van der Waals surface area (Å²) in [6.07, 6.45) is 3.75. The van der Waals surface area contributed by atoms with E-state index in [4.69, 9.17) is 4.74 Å². The van der Waals surface area contributed by atoms with Crippen molar-refractivity contribution in [1.82, 2.24) is 10.2 Å². The van der Waals surface area contributed by atoms with Crippen molar-refractivity contribution >= 4 is 40.6 Å². The molecule has 10 nitrogen and oxygen atoms in total. The normalized spacial score (nSPS) is 13.5. The van der Waals surface area contributed by atoms with Gasteiger partial charge in [-0.1, -0.05) is 12.5 Å². The van der Waals surface area contributed by atoms with E-state index in [-0.39, 0.29) is 11.8 Å². The molecule has 0 radical (unpaired) electrons. The van der Waals surface area contributed by atoms with Crippen molar-refractivity contribution in [2.24, 2.45) is 0 Å². The number of hydrogen-bond acceptors (Lipinski definition) is 6. The third kappa shape index (κ3) is 8.86. The lowest BCUT2D eigenvalue weighted by Gasteiger charge is -2.26. The molecule has 1 aliphatic heterocycles. The summed E-state index contributed by atoms with van der Waals surface area (Å²) in [5, 5.41) is 14.4. The largest absolute Gasteiger partial charge is 0.383 e. The zero-order chi connectivity index (χ0) is 25.8. The highest BCUT2D eigenvalue weighted by Crippen LogP contribution is 2.22. The van der Waals surface area contributed by atoms with Crippen molar-refractivity contribution < 1.29 is 19.1 Å². The second kappa shape index (κ2) is 14.1. The SMILES string of the molecule is COCCNC(=O)c1cc(NC(=O)Nc2cccc(NC(C)=O)c2)ccc1NCCN1CCCCC1. The van der Waals surface area contributed by atoms with Gasteiger partial charge in [0.05, 0.1) is 12.2 Å². The van der Waals surface area contributed by atoms with Crippen LogP contribution in [0, 0.1) is 0 Å². The maximum atomic E-state index is 12.9. The average molecular weight is 497 g/mol. The molecule has 1 fully saturated rings. The molecule has 0 atom stereocenters. The summed E-state index contributed by atoms with van der Waals surface area (Å²) < 4.78 is 5.03. The van der Waals surface area contributed by atoms with E-state index in [1.807, 2.05) is 0 Å². The molecule has 0 aliphatic carbocycles. The highest BCUT2D eigenvalue weighted by Gasteiger charge is 2.15. The number of carbonyl (C=O) groups excluding carboxylic acids is 3. The lowest BCUT2D eigenvalue weighted by atomic mass is 10.1. The molecule has 1 heterocycles. The number of amides is 4. The van der Waals surface area contributed by atoms with E-state index < -0.39 is 6.03 Å². The second-order valence-corrected chi connectivity index (χ2v) is 8.68. The Labute approximate surface area is 212 Å². The summed E-state index contributed by atoms with van der Waals surface area (Å²) in [6.45, 7) is 6.05. The number of piperidine rings is 1. The lowest BCUT2D eigenvalue weighted by Crippen LogP contribution is -2.34. The zero-order valence-corrected chi connectivity index (χ0v) is 21.0. The van der Waals surface area contributed by atoms with Gasteiger partial charge in [-0.05, 0) is 62.3 Å². The van der Waals surface area contributed by atoms with Crippen molar-refractivity contribution in [3.8, 4) is 0 Å². The van der Waals surface area contributed by atoms with Crippen LogP contribution < -0.4 is 26.6 Å². The minimum Gasteiger partial charge on any atom is -0.383 e. The van der Waals surface area contributed by atoms with Crippen LogP contribution in [0.25, 0.3) is 0 Å². The van der Waals surface area contributed by atoms with Crippen LogP contribution in [0.2, 0.25) is 0 Å². The van der Waals surface area contributed by atoms with Crippen molar-refractivity contribution in [2.75, 3.05) is 67.7 Å². The maximum Gasteiger partial charge on any atom is 0.323 e. The number of benzene rings is 2. The second-order valence-electron chi connectivity index (χ2n) is 8.68. The third-order valence-electron chi connectivity index (χ3n) is 5.75. The first kappa shape index (κ1) is 27.0. The number of rotatable bonds is 11. The van der Waals surface area contributed by atoms with Crippen LogP contribution in [-0.2, 0) is 9.53 Å². The topological polar surface area (TPSA) is 124 Å². The van der Waals surface area contributed by atoms with Gasteiger partial charge >= 0.3 is 6.03 Å². The molecule has 2 aromatic rings. The molecule has 1 aliphatic rings. The van der Waals surface area contributed by atoms with Crippen LogP contribution >= 0.6 is 0 Å². The smallest absolute Gasteiger partial charge is 0.323 e. The molecule has 194 valence electrons. The van der Waals surface area contributed by atoms with Crippen LogP contribution in [0.1, 0.15) is 36.5 Å². The number of methoxy groups -OCH3 is 1. The molecule has 0 spiro atoms. The van der Waals surface area contributed by atoms with Crippen LogP contribution in [-0.4, -0.2) is 69.2 Å². The minimum absolute atomic E-state index is 0.197. The summed E-state index contributed by atoms with van der Waals surface area (Å²) >= 11 is 0. The highest BCUT2D eigenvalue weighted by atomic mass is 16.5. The monoisotopic (exact) mass is 496 g/mol. The number of likely N-dealkylation sites (tertiary alicyclic amines) is 1. The first-order valence-electron chi connectivity index (χ1n) is 12.3. The van der Waals surface area contributed by atoms with E-state index >= 15 is 0 Å². The number of anilines is 4. The lowest BCUT2D eigenvalue weighted by molar-refractivity contribution is -0.114. The predicted octanol–water partition coefficient (Wildman–Crippen LogP) is 3.56. The summed E-state index contributed by atoms with van der Waals surface area (Å²) in [7, 11) is 1.58. The fourth-order valence-electron chi connectivity index (χ4n) is 4.03. The number of nitrogens with one attached hydrogen (secondary N) is 5. The summed E-state index contributed by atoms with van der Waals surface area (Å²) in [5.74, 6) is -0.447. The molecule has 0 aromatic heterocycles. The van der Waals surface area contributed by atoms with Gasteiger partial charge in [-0.2, -0.15) is 0 Å². The van der Waals surface area contributed by atoms with Crippen molar-refractivity contribution in [1.29, 1.82) is 0 Å². The van der Waals surface area contributed by atoms with E-state index in [1.165, 1.54) is 26.2 Å². The van der Waals surface area contributed by atoms with E-state index in [0.29, 0.717) is 41.5 Å². The molecule has 2 aromatic carbocycles. The number of urea groups is 1. The number of nitrogens with zero attached hydrogens (tertiary/aromatic N) is 1. The van der Waals surface area contributed by atoms with Gasteiger partial charge in [-0.15, -0.1) is 0 Å². The van der Waals surface area contributed by atoms with Crippen LogP contribution in [0.4, 0.5) is 27.5 Å². The molecule has 5 N–H and O–H groups in total. The molecule has 10 heteroatoms. The van der Waals surface area contributed by atoms with Crippen molar-refractivity contribution in [2.45, 2.75) is 26.2 Å². The molecule has 3 rings (SSSR count). The fourth-order valence-corrected chi connectivity index (χ4v) is 4.03. The van der Waals surface area contributed by atoms with Gasteiger partial charge in [0.15, 0.2) is 0 Å². The number of ether oxygens (including phenoxy) is 1. The van der Waals surface area contributed by atoms with E-state index in [1.54, 1.807) is 49.6 Å². The average Bonchev–Trinajstić information content (AvgIpc) is 2.85. The Morgan fingerprint density at radius 1 is 0.889 bits per heavy atom. The molecular weight excluding hydrogens is 460 g/mol. The molecule has 36 heavy (non-hydrogen) atoms. The Hall–Kier alpha value is -3.63. The molecule has 0 saturated carbocycles. The van der Waals surface area contributed by atoms with Crippen LogP contribution in [0.15, 0.2) is 42.5 Å². The van der Waals surface area contributed by atoms with Gasteiger partial charge in [0, 0.05) is 56.4 Å². The molecule has 1 saturated heterocycles. The predicted molar refractivity (Wildman–Crippen MR) is 143 cm³/mol. The van der Waals surface area contributed by atoms with Gasteiger partial charge in [-0.3, -0.25) is 9.59 Å². The fraction of sp³-hybridized carbons (Fsp3) is 0.423. The van der Waals surface area contributed by atoms with Crippen molar-refractivity contribution in [3.63, 3.8) is 0 Å². The van der Waals surface area contributed by atoms with Crippen LogP contribution in [0.3, 0.4) is 0 Å². The quantitative estimate of drug-likeness (QED) is 0.303. The summed E-state index contributed by atoms with van der Waals surface area (Å²) in [4.78, 5) is 39.2. The zero-order valence-electron chi connectivity index (χ0n) is 21.0. The Morgan fingerprint density at radius 2 is 1.58 bits per heavy atom. The van der Waals surface area contributed by atoms with Crippen LogP contribution in [0.5, 0.6) is 0 Å². The Balaban J connectivity index is 1.65. The van der Waals surface area contributed by atoms with Gasteiger partial charge in [0.2, 0.25) is 5.91 Å². The first-order chi connectivity index (χ1) is 17.4. The Bertz CT molecular complexity index is 1040. The Morgan fingerprint density at radius 3 is 2.28 bits per heavy atom. The number of carbonyl (C=O) groups is 3. The maximum absolute atomic E-state index is 12.9. The van der Waals surface area contributed by atoms with Gasteiger partial charge in [-0.25, -0.2) is 4.79 Å². The summed E-state index contributed by atoms with van der Waals surface area (Å²) in [6, 6.07) is 11.6.